The summed E-state index contributed by atoms with van der Waals surface area (Å²) in [5.41, 5.74) is 0. The molecule has 0 fully saturated rings. The van der Waals surface area contributed by atoms with Crippen molar-refractivity contribution in [2.75, 3.05) is 12.0 Å². The average Bonchev–Trinajstić information content (AvgIpc) is 2.31. The van der Waals surface area contributed by atoms with Crippen LogP contribution < -0.4 is 5.32 Å². The highest BCUT2D eigenvalue weighted by Gasteiger charge is 2.12. The zero-order valence-electron chi connectivity index (χ0n) is 5.96. The van der Waals surface area contributed by atoms with E-state index in [0.717, 1.165) is 12.2 Å². The molecule has 0 saturated carbocycles. The fourth-order valence-corrected chi connectivity index (χ4v) is 1.39. The molecule has 1 unspecified atom stereocenters. The molecule has 1 amide bonds. The van der Waals surface area contributed by atoms with Gasteiger partial charge >= 0.3 is 0 Å². The van der Waals surface area contributed by atoms with Crippen LogP contribution in [-0.2, 0) is 4.79 Å². The second-order valence-electron chi connectivity index (χ2n) is 2.26. The number of rotatable bonds is 3. The Morgan fingerprint density at radius 2 is 2.60 bits per heavy atom. The third kappa shape index (κ3) is 2.06. The highest BCUT2D eigenvalue weighted by Crippen LogP contribution is 2.05. The number of carbonyl (C=O) groups excluding carboxylic acids is 1. The van der Waals surface area contributed by atoms with Crippen LogP contribution in [0.25, 0.3) is 0 Å². The maximum absolute atomic E-state index is 10.6. The van der Waals surface area contributed by atoms with Gasteiger partial charge in [-0.2, -0.15) is 11.8 Å². The Morgan fingerprint density at radius 1 is 1.80 bits per heavy atom. The number of thioether (sulfide) groups is 1. The van der Waals surface area contributed by atoms with Crippen molar-refractivity contribution >= 4 is 17.7 Å². The highest BCUT2D eigenvalue weighted by atomic mass is 32.2. The lowest BCUT2D eigenvalue weighted by Gasteiger charge is -2.05. The molecule has 1 aliphatic rings. The second-order valence-corrected chi connectivity index (χ2v) is 3.24. The molecular weight excluding hydrogens is 146 g/mol. The molecule has 0 aromatic rings. The molecule has 0 aliphatic carbocycles. The Balaban J connectivity index is 2.20. The predicted octanol–water partition coefficient (Wildman–Crippen LogP) is 0.794. The SMILES string of the molecule is CSCCC1C=CC(=O)N1. The summed E-state index contributed by atoms with van der Waals surface area (Å²) in [6.07, 6.45) is 6.65. The molecule has 1 N–H and O–H groups in total. The first-order valence-corrected chi connectivity index (χ1v) is 4.70. The molecule has 0 aromatic heterocycles. The fraction of sp³-hybridized carbons (Fsp3) is 0.571. The molecular formula is C7H11NOS. The maximum Gasteiger partial charge on any atom is 0.244 e. The molecule has 1 aliphatic heterocycles. The summed E-state index contributed by atoms with van der Waals surface area (Å²) >= 11 is 1.80. The molecule has 0 bridgehead atoms. The van der Waals surface area contributed by atoms with E-state index in [1.165, 1.54) is 0 Å². The van der Waals surface area contributed by atoms with Crippen molar-refractivity contribution in [3.8, 4) is 0 Å². The van der Waals surface area contributed by atoms with Gasteiger partial charge in [0.05, 0.1) is 0 Å². The molecule has 2 nitrogen and oxygen atoms in total. The zero-order chi connectivity index (χ0) is 7.40. The van der Waals surface area contributed by atoms with Crippen molar-refractivity contribution in [1.29, 1.82) is 0 Å². The number of nitrogens with one attached hydrogen (secondary N) is 1. The van der Waals surface area contributed by atoms with E-state index in [-0.39, 0.29) is 5.91 Å². The van der Waals surface area contributed by atoms with Gasteiger partial charge in [-0.1, -0.05) is 6.08 Å². The van der Waals surface area contributed by atoms with Crippen molar-refractivity contribution in [1.82, 2.24) is 5.32 Å². The molecule has 3 heteroatoms. The van der Waals surface area contributed by atoms with Gasteiger partial charge in [-0.05, 0) is 18.4 Å². The first-order chi connectivity index (χ1) is 4.83. The number of carbonyl (C=O) groups is 1. The van der Waals surface area contributed by atoms with Gasteiger partial charge in [0, 0.05) is 12.1 Å². The highest BCUT2D eigenvalue weighted by molar-refractivity contribution is 7.98. The van der Waals surface area contributed by atoms with Gasteiger partial charge in [-0.15, -0.1) is 0 Å². The third-order valence-corrected chi connectivity index (χ3v) is 2.08. The third-order valence-electron chi connectivity index (χ3n) is 1.44. The molecule has 0 saturated heterocycles. The molecule has 0 spiro atoms. The minimum atomic E-state index is 0.0473. The minimum Gasteiger partial charge on any atom is -0.346 e. The summed E-state index contributed by atoms with van der Waals surface area (Å²) in [6.45, 7) is 0. The summed E-state index contributed by atoms with van der Waals surface area (Å²) in [6, 6.07) is 0.292. The van der Waals surface area contributed by atoms with Gasteiger partial charge in [0.25, 0.3) is 0 Å². The Bertz CT molecular complexity index is 156. The van der Waals surface area contributed by atoms with E-state index in [4.69, 9.17) is 0 Å². The molecule has 1 heterocycles. The first-order valence-electron chi connectivity index (χ1n) is 3.30. The van der Waals surface area contributed by atoms with Crippen molar-refractivity contribution in [2.45, 2.75) is 12.5 Å². The van der Waals surface area contributed by atoms with Crippen molar-refractivity contribution < 1.29 is 4.79 Å². The number of hydrogen-bond acceptors (Lipinski definition) is 2. The summed E-state index contributed by atoms with van der Waals surface area (Å²) < 4.78 is 0. The van der Waals surface area contributed by atoms with Crippen LogP contribution in [0.5, 0.6) is 0 Å². The van der Waals surface area contributed by atoms with E-state index in [9.17, 15) is 4.79 Å². The monoisotopic (exact) mass is 157 g/mol. The minimum absolute atomic E-state index is 0.0473. The lowest BCUT2D eigenvalue weighted by atomic mass is 10.2. The molecule has 1 atom stereocenters. The van der Waals surface area contributed by atoms with Crippen LogP contribution in [0.3, 0.4) is 0 Å². The van der Waals surface area contributed by atoms with Gasteiger partial charge in [0.2, 0.25) is 5.91 Å². The Kier molecular flexibility index (Phi) is 2.81. The predicted molar refractivity (Wildman–Crippen MR) is 44.1 cm³/mol. The van der Waals surface area contributed by atoms with Crippen molar-refractivity contribution in [3.05, 3.63) is 12.2 Å². The van der Waals surface area contributed by atoms with Crippen LogP contribution in [-0.4, -0.2) is 24.0 Å². The van der Waals surface area contributed by atoms with Crippen molar-refractivity contribution in [3.63, 3.8) is 0 Å². The maximum atomic E-state index is 10.6. The van der Waals surface area contributed by atoms with Gasteiger partial charge in [-0.25, -0.2) is 0 Å². The molecule has 1 rings (SSSR count). The number of hydrogen-bond donors (Lipinski definition) is 1. The van der Waals surface area contributed by atoms with Crippen LogP contribution in [0.15, 0.2) is 12.2 Å². The largest absolute Gasteiger partial charge is 0.346 e. The number of amides is 1. The van der Waals surface area contributed by atoms with Gasteiger partial charge < -0.3 is 5.32 Å². The topological polar surface area (TPSA) is 29.1 Å². The molecule has 0 radical (unpaired) electrons. The first kappa shape index (κ1) is 7.66. The van der Waals surface area contributed by atoms with Crippen LogP contribution in [0, 0.1) is 0 Å². The summed E-state index contributed by atoms with van der Waals surface area (Å²) in [5, 5.41) is 2.83. The van der Waals surface area contributed by atoms with Crippen LogP contribution in [0.4, 0.5) is 0 Å². The van der Waals surface area contributed by atoms with E-state index < -0.39 is 0 Å². The lowest BCUT2D eigenvalue weighted by molar-refractivity contribution is -0.116. The van der Waals surface area contributed by atoms with Gasteiger partial charge in [0.15, 0.2) is 0 Å². The zero-order valence-corrected chi connectivity index (χ0v) is 6.78. The second kappa shape index (κ2) is 3.66. The average molecular weight is 157 g/mol. The molecule has 0 aromatic carbocycles. The quantitative estimate of drug-likeness (QED) is 0.656. The normalized spacial score (nSPS) is 23.3. The van der Waals surface area contributed by atoms with Gasteiger partial charge in [-0.3, -0.25) is 4.79 Å². The standard InChI is InChI=1S/C7H11NOS/c1-10-5-4-6-2-3-7(9)8-6/h2-3,6H,4-5H2,1H3,(H,8,9). The van der Waals surface area contributed by atoms with E-state index in [1.54, 1.807) is 17.8 Å². The molecule has 10 heavy (non-hydrogen) atoms. The Morgan fingerprint density at radius 3 is 3.10 bits per heavy atom. The van der Waals surface area contributed by atoms with E-state index in [0.29, 0.717) is 6.04 Å². The summed E-state index contributed by atoms with van der Waals surface area (Å²) in [7, 11) is 0. The van der Waals surface area contributed by atoms with Gasteiger partial charge in [0.1, 0.15) is 0 Å². The van der Waals surface area contributed by atoms with E-state index in [2.05, 4.69) is 11.6 Å². The van der Waals surface area contributed by atoms with Crippen molar-refractivity contribution in [2.24, 2.45) is 0 Å². The van der Waals surface area contributed by atoms with E-state index >= 15 is 0 Å². The Labute approximate surface area is 65.1 Å². The fourth-order valence-electron chi connectivity index (χ4n) is 0.896. The smallest absolute Gasteiger partial charge is 0.244 e. The summed E-state index contributed by atoms with van der Waals surface area (Å²) in [4.78, 5) is 10.6. The summed E-state index contributed by atoms with van der Waals surface area (Å²) in [5.74, 6) is 1.15. The van der Waals surface area contributed by atoms with Crippen LogP contribution in [0.2, 0.25) is 0 Å². The Hall–Kier alpha value is -0.440. The van der Waals surface area contributed by atoms with Crippen LogP contribution in [0.1, 0.15) is 6.42 Å². The molecule has 56 valence electrons. The van der Waals surface area contributed by atoms with Crippen LogP contribution >= 0.6 is 11.8 Å². The van der Waals surface area contributed by atoms with E-state index in [1.807, 2.05) is 6.08 Å². The lowest BCUT2D eigenvalue weighted by Crippen LogP contribution is -2.26.